The van der Waals surface area contributed by atoms with Gasteiger partial charge in [-0.15, -0.1) is 0 Å². The molecular formula is C10H9F2NO. The summed E-state index contributed by atoms with van der Waals surface area (Å²) in [6.07, 6.45) is 0. The van der Waals surface area contributed by atoms with Crippen molar-refractivity contribution in [3.8, 4) is 11.8 Å². The Morgan fingerprint density at radius 1 is 1.36 bits per heavy atom. The molecule has 4 heteroatoms. The van der Waals surface area contributed by atoms with Gasteiger partial charge < -0.3 is 5.11 Å². The summed E-state index contributed by atoms with van der Waals surface area (Å²) >= 11 is 0. The first-order valence-corrected chi connectivity index (χ1v) is 3.98. The van der Waals surface area contributed by atoms with E-state index in [9.17, 15) is 13.9 Å². The van der Waals surface area contributed by atoms with Crippen molar-refractivity contribution >= 4 is 0 Å². The second kappa shape index (κ2) is 3.26. The zero-order valence-corrected chi connectivity index (χ0v) is 7.81. The Labute approximate surface area is 80.4 Å². The van der Waals surface area contributed by atoms with E-state index in [1.807, 2.05) is 6.07 Å². The molecule has 0 aliphatic rings. The molecule has 1 aromatic rings. The zero-order chi connectivity index (χ0) is 10.9. The molecule has 0 amide bonds. The van der Waals surface area contributed by atoms with Crippen LogP contribution in [0.25, 0.3) is 0 Å². The van der Waals surface area contributed by atoms with Crippen molar-refractivity contribution in [3.05, 3.63) is 29.3 Å². The third kappa shape index (κ3) is 1.67. The monoisotopic (exact) mass is 197 g/mol. The van der Waals surface area contributed by atoms with Crippen LogP contribution < -0.4 is 0 Å². The Morgan fingerprint density at radius 2 is 1.93 bits per heavy atom. The van der Waals surface area contributed by atoms with Crippen LogP contribution in [0.2, 0.25) is 0 Å². The van der Waals surface area contributed by atoms with E-state index in [2.05, 4.69) is 0 Å². The topological polar surface area (TPSA) is 44.0 Å². The molecular weight excluding hydrogens is 188 g/mol. The van der Waals surface area contributed by atoms with Crippen LogP contribution in [0.3, 0.4) is 0 Å². The largest absolute Gasteiger partial charge is 0.505 e. The van der Waals surface area contributed by atoms with Gasteiger partial charge in [0, 0.05) is 11.6 Å². The average molecular weight is 197 g/mol. The van der Waals surface area contributed by atoms with Crippen LogP contribution in [-0.4, -0.2) is 5.11 Å². The summed E-state index contributed by atoms with van der Waals surface area (Å²) in [5, 5.41) is 18.0. The van der Waals surface area contributed by atoms with Crippen LogP contribution in [0, 0.1) is 23.0 Å². The van der Waals surface area contributed by atoms with Gasteiger partial charge in [-0.1, -0.05) is 0 Å². The number of halogens is 2. The number of rotatable bonds is 1. The highest BCUT2D eigenvalue weighted by Gasteiger charge is 2.26. The zero-order valence-electron chi connectivity index (χ0n) is 7.81. The number of phenolic OH excluding ortho intramolecular Hbond substituents is 1. The van der Waals surface area contributed by atoms with Gasteiger partial charge in [-0.2, -0.15) is 5.26 Å². The van der Waals surface area contributed by atoms with Gasteiger partial charge in [-0.05, 0) is 19.9 Å². The number of nitrogens with zero attached hydrogens (tertiary/aromatic N) is 1. The molecule has 0 radical (unpaired) electrons. The number of aromatic hydroxyl groups is 1. The Bertz CT molecular complexity index is 407. The van der Waals surface area contributed by atoms with Gasteiger partial charge in [-0.3, -0.25) is 0 Å². The molecule has 0 bridgehead atoms. The fraction of sp³-hybridized carbons (Fsp3) is 0.300. The van der Waals surface area contributed by atoms with E-state index in [4.69, 9.17) is 5.26 Å². The van der Waals surface area contributed by atoms with E-state index >= 15 is 0 Å². The number of hydrogen-bond acceptors (Lipinski definition) is 2. The second-order valence-electron chi connectivity index (χ2n) is 3.52. The molecule has 0 saturated carbocycles. The molecule has 0 aromatic heterocycles. The quantitative estimate of drug-likeness (QED) is 0.751. The highest BCUT2D eigenvalue weighted by Crippen LogP contribution is 2.32. The Kier molecular flexibility index (Phi) is 2.43. The maximum absolute atomic E-state index is 12.9. The Morgan fingerprint density at radius 3 is 2.43 bits per heavy atom. The molecule has 0 spiro atoms. The molecule has 0 fully saturated rings. The van der Waals surface area contributed by atoms with Gasteiger partial charge in [0.15, 0.2) is 11.6 Å². The lowest BCUT2D eigenvalue weighted by molar-refractivity contribution is 0.411. The van der Waals surface area contributed by atoms with Gasteiger partial charge in [0.25, 0.3) is 0 Å². The van der Waals surface area contributed by atoms with Gasteiger partial charge >= 0.3 is 0 Å². The molecule has 0 heterocycles. The highest BCUT2D eigenvalue weighted by molar-refractivity contribution is 5.42. The molecule has 14 heavy (non-hydrogen) atoms. The molecule has 0 aliphatic heterocycles. The fourth-order valence-electron chi connectivity index (χ4n) is 1.10. The average Bonchev–Trinajstić information content (AvgIpc) is 2.11. The minimum absolute atomic E-state index is 0.0440. The number of phenols is 1. The van der Waals surface area contributed by atoms with Crippen molar-refractivity contribution in [1.82, 2.24) is 0 Å². The van der Waals surface area contributed by atoms with Crippen LogP contribution >= 0.6 is 0 Å². The summed E-state index contributed by atoms with van der Waals surface area (Å²) in [5.74, 6) is -2.53. The molecule has 1 N–H and O–H groups in total. The number of hydrogen-bond donors (Lipinski definition) is 1. The number of benzene rings is 1. The summed E-state index contributed by atoms with van der Waals surface area (Å²) in [4.78, 5) is 0. The first-order chi connectivity index (χ1) is 6.38. The molecule has 74 valence electrons. The van der Waals surface area contributed by atoms with Crippen molar-refractivity contribution in [2.45, 2.75) is 19.3 Å². The van der Waals surface area contributed by atoms with E-state index in [0.29, 0.717) is 6.07 Å². The molecule has 1 rings (SSSR count). The van der Waals surface area contributed by atoms with Crippen LogP contribution in [0.5, 0.6) is 5.75 Å². The molecule has 0 unspecified atom stereocenters. The van der Waals surface area contributed by atoms with Crippen LogP contribution in [-0.2, 0) is 5.41 Å². The lowest BCUT2D eigenvalue weighted by atomic mass is 9.85. The number of nitriles is 1. The maximum Gasteiger partial charge on any atom is 0.168 e. The summed E-state index contributed by atoms with van der Waals surface area (Å²) in [6.45, 7) is 2.95. The molecule has 1 aromatic carbocycles. The van der Waals surface area contributed by atoms with Gasteiger partial charge in [0.05, 0.1) is 11.5 Å². The van der Waals surface area contributed by atoms with E-state index in [1.165, 1.54) is 13.8 Å². The minimum Gasteiger partial charge on any atom is -0.505 e. The molecule has 0 aliphatic carbocycles. The lowest BCUT2D eigenvalue weighted by Crippen LogP contribution is -2.15. The first-order valence-electron chi connectivity index (χ1n) is 3.98. The van der Waals surface area contributed by atoms with E-state index in [-0.39, 0.29) is 5.56 Å². The maximum atomic E-state index is 12.9. The van der Waals surface area contributed by atoms with Crippen molar-refractivity contribution < 1.29 is 13.9 Å². The van der Waals surface area contributed by atoms with Gasteiger partial charge in [0.1, 0.15) is 5.82 Å². The Hall–Kier alpha value is -1.63. The van der Waals surface area contributed by atoms with Crippen molar-refractivity contribution in [1.29, 1.82) is 5.26 Å². The van der Waals surface area contributed by atoms with Crippen LogP contribution in [0.1, 0.15) is 19.4 Å². The van der Waals surface area contributed by atoms with Crippen molar-refractivity contribution in [3.63, 3.8) is 0 Å². The molecule has 0 atom stereocenters. The summed E-state index contributed by atoms with van der Waals surface area (Å²) in [5.41, 5.74) is -1.16. The first kappa shape index (κ1) is 10.5. The smallest absolute Gasteiger partial charge is 0.168 e. The third-order valence-electron chi connectivity index (χ3n) is 1.98. The Balaban J connectivity index is 3.44. The van der Waals surface area contributed by atoms with Gasteiger partial charge in [-0.25, -0.2) is 8.78 Å². The van der Waals surface area contributed by atoms with Crippen molar-refractivity contribution in [2.75, 3.05) is 0 Å². The van der Waals surface area contributed by atoms with E-state index < -0.39 is 22.8 Å². The second-order valence-corrected chi connectivity index (χ2v) is 3.52. The van der Waals surface area contributed by atoms with Gasteiger partial charge in [0.2, 0.25) is 0 Å². The molecule has 2 nitrogen and oxygen atoms in total. The van der Waals surface area contributed by atoms with E-state index in [1.54, 1.807) is 0 Å². The predicted molar refractivity (Wildman–Crippen MR) is 46.7 cm³/mol. The molecule has 0 saturated heterocycles. The van der Waals surface area contributed by atoms with Crippen molar-refractivity contribution in [2.24, 2.45) is 0 Å². The van der Waals surface area contributed by atoms with Crippen LogP contribution in [0.4, 0.5) is 8.78 Å². The van der Waals surface area contributed by atoms with Crippen LogP contribution in [0.15, 0.2) is 12.1 Å². The normalized spacial score (nSPS) is 11.1. The third-order valence-corrected chi connectivity index (χ3v) is 1.98. The predicted octanol–water partition coefficient (Wildman–Crippen LogP) is 2.47. The standard InChI is InChI=1S/C10H9F2NO/c1-10(2,5-13)7-3-6(11)4-8(12)9(7)14/h3-4,14H,1-2H3. The lowest BCUT2D eigenvalue weighted by Gasteiger charge is -2.17. The summed E-state index contributed by atoms with van der Waals surface area (Å²) in [7, 11) is 0. The summed E-state index contributed by atoms with van der Waals surface area (Å²) < 4.78 is 25.7. The summed E-state index contributed by atoms with van der Waals surface area (Å²) in [6, 6.07) is 3.40. The minimum atomic E-state index is -1.12. The van der Waals surface area contributed by atoms with E-state index in [0.717, 1.165) is 6.07 Å². The fourth-order valence-corrected chi connectivity index (χ4v) is 1.10. The highest BCUT2D eigenvalue weighted by atomic mass is 19.1. The SMILES string of the molecule is CC(C)(C#N)c1cc(F)cc(F)c1O.